The SMILES string of the molecule is COc1cc(-c2oc3ccc(F)cc3c(=O)c2OCCOc2cccc(/C(C)=C3\SC(=O)NC3=O)c2)ccc1OS(C)(=O)=O. The van der Waals surface area contributed by atoms with Crippen molar-refractivity contribution in [3.05, 3.63) is 87.2 Å². The zero-order valence-electron chi connectivity index (χ0n) is 23.5. The van der Waals surface area contributed by atoms with Crippen LogP contribution in [0, 0.1) is 5.82 Å². The lowest BCUT2D eigenvalue weighted by Crippen LogP contribution is -2.18. The molecule has 0 spiro atoms. The zero-order chi connectivity index (χ0) is 31.6. The van der Waals surface area contributed by atoms with Gasteiger partial charge < -0.3 is 22.8 Å². The predicted octanol–water partition coefficient (Wildman–Crippen LogP) is 5.12. The van der Waals surface area contributed by atoms with Crippen LogP contribution >= 0.6 is 11.8 Å². The highest BCUT2D eigenvalue weighted by Crippen LogP contribution is 2.37. The topological polar surface area (TPSA) is 147 Å². The number of amides is 2. The van der Waals surface area contributed by atoms with Gasteiger partial charge in [-0.3, -0.25) is 19.7 Å². The third-order valence-corrected chi connectivity index (χ3v) is 7.77. The molecule has 0 atom stereocenters. The Balaban J connectivity index is 1.41. The van der Waals surface area contributed by atoms with E-state index in [4.69, 9.17) is 22.8 Å². The molecule has 2 amide bonds. The highest BCUT2D eigenvalue weighted by molar-refractivity contribution is 8.18. The second kappa shape index (κ2) is 12.4. The van der Waals surface area contributed by atoms with Crippen molar-refractivity contribution in [2.24, 2.45) is 0 Å². The van der Waals surface area contributed by atoms with E-state index in [1.807, 2.05) is 0 Å². The van der Waals surface area contributed by atoms with Crippen LogP contribution in [0.4, 0.5) is 9.18 Å². The fourth-order valence-electron chi connectivity index (χ4n) is 4.33. The van der Waals surface area contributed by atoms with Gasteiger partial charge in [0.15, 0.2) is 17.3 Å². The maximum Gasteiger partial charge on any atom is 0.306 e. The summed E-state index contributed by atoms with van der Waals surface area (Å²) < 4.78 is 65.2. The average Bonchev–Trinajstić information content (AvgIpc) is 3.33. The smallest absolute Gasteiger partial charge is 0.306 e. The molecule has 1 aromatic heterocycles. The van der Waals surface area contributed by atoms with Crippen molar-refractivity contribution in [3.63, 3.8) is 0 Å². The summed E-state index contributed by atoms with van der Waals surface area (Å²) in [4.78, 5) is 37.4. The molecule has 14 heteroatoms. The molecule has 228 valence electrons. The van der Waals surface area contributed by atoms with E-state index in [2.05, 4.69) is 5.32 Å². The summed E-state index contributed by atoms with van der Waals surface area (Å²) in [5.74, 6) is -0.923. The number of carbonyl (C=O) groups is 2. The van der Waals surface area contributed by atoms with Crippen LogP contribution < -0.4 is 29.1 Å². The first kappa shape index (κ1) is 30.6. The van der Waals surface area contributed by atoms with Crippen molar-refractivity contribution in [1.82, 2.24) is 5.32 Å². The lowest BCUT2D eigenvalue weighted by atomic mass is 10.1. The van der Waals surface area contributed by atoms with Gasteiger partial charge in [0.05, 0.1) is 23.7 Å². The van der Waals surface area contributed by atoms with Crippen LogP contribution in [-0.2, 0) is 14.9 Å². The molecule has 1 N–H and O–H groups in total. The summed E-state index contributed by atoms with van der Waals surface area (Å²) in [5, 5.41) is 1.75. The number of carbonyl (C=O) groups excluding carboxylic acids is 2. The van der Waals surface area contributed by atoms with Crippen molar-refractivity contribution < 1.29 is 45.2 Å². The number of fused-ring (bicyclic) bond motifs is 1. The van der Waals surface area contributed by atoms with Gasteiger partial charge in [-0.05, 0) is 78.4 Å². The van der Waals surface area contributed by atoms with Crippen LogP contribution in [0.1, 0.15) is 12.5 Å². The van der Waals surface area contributed by atoms with Gasteiger partial charge in [-0.15, -0.1) is 0 Å². The third-order valence-electron chi connectivity index (χ3n) is 6.30. The number of thioether (sulfide) groups is 1. The van der Waals surface area contributed by atoms with Gasteiger partial charge in [0.25, 0.3) is 11.1 Å². The van der Waals surface area contributed by atoms with Crippen LogP contribution in [-0.4, -0.2) is 46.1 Å². The number of halogens is 1. The molecule has 1 fully saturated rings. The minimum atomic E-state index is -3.85. The van der Waals surface area contributed by atoms with Crippen LogP contribution in [0.25, 0.3) is 27.9 Å². The molecule has 1 aliphatic heterocycles. The van der Waals surface area contributed by atoms with Gasteiger partial charge in [0.1, 0.15) is 30.4 Å². The van der Waals surface area contributed by atoms with Crippen molar-refractivity contribution >= 4 is 49.6 Å². The molecule has 5 rings (SSSR count). The second-order valence-electron chi connectivity index (χ2n) is 9.41. The fraction of sp³-hybridized carbons (Fsp3) is 0.167. The van der Waals surface area contributed by atoms with Gasteiger partial charge in [-0.25, -0.2) is 4.39 Å². The van der Waals surface area contributed by atoms with Crippen molar-refractivity contribution in [2.45, 2.75) is 6.92 Å². The van der Waals surface area contributed by atoms with E-state index in [1.54, 1.807) is 31.2 Å². The van der Waals surface area contributed by atoms with E-state index in [0.29, 0.717) is 27.4 Å². The van der Waals surface area contributed by atoms with Crippen LogP contribution in [0.5, 0.6) is 23.0 Å². The summed E-state index contributed by atoms with van der Waals surface area (Å²) in [6.45, 7) is 1.58. The Bertz CT molecular complexity index is 2000. The molecule has 2 heterocycles. The van der Waals surface area contributed by atoms with E-state index in [-0.39, 0.29) is 47.2 Å². The van der Waals surface area contributed by atoms with Gasteiger partial charge in [0, 0.05) is 5.56 Å². The number of imide groups is 1. The predicted molar refractivity (Wildman–Crippen MR) is 161 cm³/mol. The van der Waals surface area contributed by atoms with E-state index in [9.17, 15) is 27.2 Å². The third kappa shape index (κ3) is 6.71. The number of benzene rings is 3. The molecule has 44 heavy (non-hydrogen) atoms. The standard InChI is InChI=1S/C30H24FNO10S2/c1-16(28-29(34)32-30(35)43-28)17-5-4-6-20(13-17)39-11-12-40-27-25(33)21-15-19(31)8-10-22(21)41-26(27)18-7-9-23(24(14-18)38-2)42-44(3,36)37/h4-10,13-15H,11-12H2,1-3H3,(H,32,34,35)/b28-16-. The second-order valence-corrected chi connectivity index (χ2v) is 12.0. The lowest BCUT2D eigenvalue weighted by Gasteiger charge is -2.14. The summed E-state index contributed by atoms with van der Waals surface area (Å²) in [5.41, 5.74) is 1.04. The molecule has 0 unspecified atom stereocenters. The summed E-state index contributed by atoms with van der Waals surface area (Å²) in [7, 11) is -2.54. The van der Waals surface area contributed by atoms with Crippen LogP contribution in [0.2, 0.25) is 0 Å². The summed E-state index contributed by atoms with van der Waals surface area (Å²) in [6.07, 6.45) is 0.889. The zero-order valence-corrected chi connectivity index (χ0v) is 25.1. The summed E-state index contributed by atoms with van der Waals surface area (Å²) >= 11 is 0.825. The minimum absolute atomic E-state index is 0.00977. The van der Waals surface area contributed by atoms with Crippen molar-refractivity contribution in [1.29, 1.82) is 0 Å². The van der Waals surface area contributed by atoms with E-state index in [1.165, 1.54) is 31.4 Å². The number of hydrogen-bond acceptors (Lipinski definition) is 11. The highest BCUT2D eigenvalue weighted by atomic mass is 32.2. The number of methoxy groups -OCH3 is 1. The van der Waals surface area contributed by atoms with Gasteiger partial charge in [-0.2, -0.15) is 8.42 Å². The number of ether oxygens (including phenoxy) is 3. The maximum absolute atomic E-state index is 14.0. The van der Waals surface area contributed by atoms with Crippen molar-refractivity contribution in [3.8, 4) is 34.3 Å². The molecular formula is C30H24FNO10S2. The molecule has 11 nitrogen and oxygen atoms in total. The maximum atomic E-state index is 14.0. The fourth-order valence-corrected chi connectivity index (χ4v) is 5.53. The Labute approximate surface area is 254 Å². The number of nitrogens with one attached hydrogen (secondary N) is 1. The number of rotatable bonds is 10. The number of allylic oxidation sites excluding steroid dienone is 1. The molecule has 3 aromatic carbocycles. The van der Waals surface area contributed by atoms with E-state index < -0.39 is 32.5 Å². The van der Waals surface area contributed by atoms with E-state index in [0.717, 1.165) is 30.2 Å². The molecule has 0 aliphatic carbocycles. The largest absolute Gasteiger partial charge is 0.493 e. The Morgan fingerprint density at radius 2 is 1.75 bits per heavy atom. The van der Waals surface area contributed by atoms with Gasteiger partial charge in [0.2, 0.25) is 11.2 Å². The average molecular weight is 642 g/mol. The normalized spacial score (nSPS) is 14.4. The summed E-state index contributed by atoms with van der Waals surface area (Å²) in [6, 6.07) is 14.6. The number of hydrogen-bond donors (Lipinski definition) is 1. The Morgan fingerprint density at radius 3 is 2.45 bits per heavy atom. The minimum Gasteiger partial charge on any atom is -0.493 e. The lowest BCUT2D eigenvalue weighted by molar-refractivity contribution is -0.115. The van der Waals surface area contributed by atoms with Gasteiger partial charge >= 0.3 is 10.1 Å². The molecule has 4 aromatic rings. The van der Waals surface area contributed by atoms with Crippen LogP contribution in [0.15, 0.2) is 74.8 Å². The molecule has 1 aliphatic rings. The first-order chi connectivity index (χ1) is 20.9. The molecule has 0 saturated carbocycles. The van der Waals surface area contributed by atoms with Crippen molar-refractivity contribution in [2.75, 3.05) is 26.6 Å². The first-order valence-electron chi connectivity index (χ1n) is 12.9. The quantitative estimate of drug-likeness (QED) is 0.140. The Morgan fingerprint density at radius 1 is 0.977 bits per heavy atom. The Hall–Kier alpha value is -4.82. The molecule has 1 saturated heterocycles. The molecule has 0 bridgehead atoms. The van der Waals surface area contributed by atoms with Crippen LogP contribution in [0.3, 0.4) is 0 Å². The van der Waals surface area contributed by atoms with Gasteiger partial charge in [-0.1, -0.05) is 12.1 Å². The first-order valence-corrected chi connectivity index (χ1v) is 15.5. The van der Waals surface area contributed by atoms with E-state index >= 15 is 0 Å². The highest BCUT2D eigenvalue weighted by Gasteiger charge is 2.27. The molecular weight excluding hydrogens is 617 g/mol. The molecule has 0 radical (unpaired) electrons. The Kier molecular flexibility index (Phi) is 8.65. The monoisotopic (exact) mass is 641 g/mol.